The van der Waals surface area contributed by atoms with Crippen molar-refractivity contribution >= 4 is 43.6 Å². The lowest BCUT2D eigenvalue weighted by Crippen LogP contribution is -2.40. The molecule has 1 aliphatic rings. The highest BCUT2D eigenvalue weighted by Gasteiger charge is 2.42. The molecule has 5 nitrogen and oxygen atoms in total. The van der Waals surface area contributed by atoms with Crippen molar-refractivity contribution in [1.29, 1.82) is 0 Å². The van der Waals surface area contributed by atoms with E-state index >= 15 is 0 Å². The number of rotatable bonds is 7. The Hall–Kier alpha value is -8.41. The molecule has 0 saturated heterocycles. The van der Waals surface area contributed by atoms with Crippen LogP contribution in [0.2, 0.25) is 0 Å². The summed E-state index contributed by atoms with van der Waals surface area (Å²) in [7, 11) is 0. The molecule has 12 aromatic rings. The van der Waals surface area contributed by atoms with E-state index in [1.165, 1.54) is 45.2 Å². The maximum Gasteiger partial charge on any atom is 0.238 e. The van der Waals surface area contributed by atoms with Crippen molar-refractivity contribution in [2.75, 3.05) is 0 Å². The molecule has 3 aromatic heterocycles. The van der Waals surface area contributed by atoms with Crippen molar-refractivity contribution < 1.29 is 0 Å². The van der Waals surface area contributed by atoms with Crippen LogP contribution in [0.4, 0.5) is 0 Å². The molecule has 0 spiro atoms. The topological polar surface area (TPSA) is 48.5 Å². The summed E-state index contributed by atoms with van der Waals surface area (Å²) in [6.45, 7) is 12.1. The van der Waals surface area contributed by atoms with Crippen LogP contribution in [0.1, 0.15) is 52.2 Å². The maximum absolute atomic E-state index is 5.41. The summed E-state index contributed by atoms with van der Waals surface area (Å²) in [5.41, 5.74) is 17.6. The van der Waals surface area contributed by atoms with E-state index in [4.69, 9.17) is 15.0 Å². The van der Waals surface area contributed by atoms with Crippen LogP contribution in [-0.2, 0) is 10.8 Å². The van der Waals surface area contributed by atoms with Crippen molar-refractivity contribution in [3.63, 3.8) is 0 Å². The van der Waals surface area contributed by atoms with E-state index in [2.05, 4.69) is 232 Å². The smallest absolute Gasteiger partial charge is 0.238 e. The lowest BCUT2D eigenvalue weighted by atomic mass is 9.58. The fourth-order valence-corrected chi connectivity index (χ4v) is 11.7. The summed E-state index contributed by atoms with van der Waals surface area (Å²) in [5, 5.41) is 4.60. The number of hydrogen-bond donors (Lipinski definition) is 0. The van der Waals surface area contributed by atoms with Crippen molar-refractivity contribution in [3.8, 4) is 67.8 Å². The highest BCUT2D eigenvalue weighted by Crippen LogP contribution is 2.50. The van der Waals surface area contributed by atoms with Gasteiger partial charge in [0.05, 0.1) is 22.1 Å². The Morgan fingerprint density at radius 1 is 0.380 bits per heavy atom. The molecular formula is C66H53N5. The molecule has 1 unspecified atom stereocenters. The van der Waals surface area contributed by atoms with Crippen LogP contribution in [0, 0.1) is 5.92 Å². The van der Waals surface area contributed by atoms with Crippen LogP contribution in [0.25, 0.3) is 111 Å². The molecular weight excluding hydrogens is 863 g/mol. The third kappa shape index (κ3) is 7.01. The zero-order valence-corrected chi connectivity index (χ0v) is 40.7. The highest BCUT2D eigenvalue weighted by atomic mass is 15.2. The Labute approximate surface area is 414 Å². The average molecular weight is 916 g/mol. The molecule has 342 valence electrons. The van der Waals surface area contributed by atoms with Gasteiger partial charge in [-0.1, -0.05) is 217 Å². The van der Waals surface area contributed by atoms with Crippen LogP contribution in [0.15, 0.2) is 212 Å². The third-order valence-electron chi connectivity index (χ3n) is 15.7. The van der Waals surface area contributed by atoms with E-state index in [1.54, 1.807) is 0 Å². The second kappa shape index (κ2) is 16.4. The number of fused-ring (bicyclic) bond motifs is 8. The lowest BCUT2D eigenvalue weighted by molar-refractivity contribution is 0.233. The van der Waals surface area contributed by atoms with Gasteiger partial charge in [0.1, 0.15) is 0 Å². The molecule has 0 saturated carbocycles. The molecule has 1 atom stereocenters. The predicted octanol–water partition coefficient (Wildman–Crippen LogP) is 17.0. The fourth-order valence-electron chi connectivity index (χ4n) is 11.7. The summed E-state index contributed by atoms with van der Waals surface area (Å²) in [6.07, 6.45) is 1.19. The van der Waals surface area contributed by atoms with Crippen molar-refractivity contribution in [2.24, 2.45) is 5.92 Å². The summed E-state index contributed by atoms with van der Waals surface area (Å²) >= 11 is 0. The number of hydrogen-bond acceptors (Lipinski definition) is 3. The van der Waals surface area contributed by atoms with E-state index in [-0.39, 0.29) is 10.8 Å². The SMILES string of the molecule is CC1CC(C)(C)c2cc(-c3ccc(-c4ccc(-n5c6ccccc6c6ccc7c8ccccc8n(-c8nc(-c9ccccc9)nc(-c9cccc(-c%10ccccc%10)c9)n8)c7c65)cc4)cc3)ccc2C1(C)C. The van der Waals surface area contributed by atoms with Gasteiger partial charge in [-0.25, -0.2) is 4.98 Å². The monoisotopic (exact) mass is 915 g/mol. The van der Waals surface area contributed by atoms with Gasteiger partial charge in [-0.05, 0) is 98.0 Å². The van der Waals surface area contributed by atoms with Crippen LogP contribution in [0.3, 0.4) is 0 Å². The quantitative estimate of drug-likeness (QED) is 0.160. The summed E-state index contributed by atoms with van der Waals surface area (Å²) < 4.78 is 4.69. The van der Waals surface area contributed by atoms with E-state index < -0.39 is 0 Å². The van der Waals surface area contributed by atoms with E-state index in [9.17, 15) is 0 Å². The minimum Gasteiger partial charge on any atom is -0.307 e. The van der Waals surface area contributed by atoms with Gasteiger partial charge in [-0.2, -0.15) is 9.97 Å². The van der Waals surface area contributed by atoms with Crippen molar-refractivity contribution in [1.82, 2.24) is 24.1 Å². The Kier molecular flexibility index (Phi) is 9.83. The van der Waals surface area contributed by atoms with Crippen molar-refractivity contribution in [3.05, 3.63) is 223 Å². The molecule has 9 aromatic carbocycles. The van der Waals surface area contributed by atoms with Crippen LogP contribution >= 0.6 is 0 Å². The first kappa shape index (κ1) is 42.7. The molecule has 0 radical (unpaired) electrons. The van der Waals surface area contributed by atoms with E-state index in [1.807, 2.05) is 24.3 Å². The Balaban J connectivity index is 0.961. The Morgan fingerprint density at radius 3 is 1.49 bits per heavy atom. The first-order valence-corrected chi connectivity index (χ1v) is 24.9. The van der Waals surface area contributed by atoms with Gasteiger partial charge in [0.25, 0.3) is 0 Å². The largest absolute Gasteiger partial charge is 0.307 e. The van der Waals surface area contributed by atoms with Crippen molar-refractivity contribution in [2.45, 2.75) is 51.9 Å². The summed E-state index contributed by atoms with van der Waals surface area (Å²) in [5.74, 6) is 2.41. The molecule has 1 aliphatic carbocycles. The number of aromatic nitrogens is 5. The van der Waals surface area contributed by atoms with Gasteiger partial charge in [-0.15, -0.1) is 0 Å². The number of nitrogens with zero attached hydrogens (tertiary/aromatic N) is 5. The first-order valence-electron chi connectivity index (χ1n) is 24.9. The van der Waals surface area contributed by atoms with E-state index in [0.29, 0.717) is 23.5 Å². The first-order chi connectivity index (χ1) is 34.6. The molecule has 0 N–H and O–H groups in total. The molecule has 0 bridgehead atoms. The maximum atomic E-state index is 5.41. The molecule has 0 aliphatic heterocycles. The van der Waals surface area contributed by atoms with Gasteiger partial charge in [-0.3, -0.25) is 4.57 Å². The number of para-hydroxylation sites is 2. The molecule has 71 heavy (non-hydrogen) atoms. The zero-order chi connectivity index (χ0) is 48.0. The molecule has 13 rings (SSSR count). The fraction of sp³-hybridized carbons (Fsp3) is 0.136. The summed E-state index contributed by atoms with van der Waals surface area (Å²) in [6, 6.07) is 76.5. The second-order valence-electron chi connectivity index (χ2n) is 20.8. The Bertz CT molecular complexity index is 4010. The second-order valence-corrected chi connectivity index (χ2v) is 20.8. The van der Waals surface area contributed by atoms with Gasteiger partial charge >= 0.3 is 0 Å². The minimum atomic E-state index is 0.138. The molecule has 5 heteroatoms. The van der Waals surface area contributed by atoms with Crippen LogP contribution < -0.4 is 0 Å². The standard InChI is InChI=1S/C66H53N5/c1-42-41-65(2,3)57-40-49(33-38-56(57)66(42,4)5)46-29-27-44(28-30-46)45-31-34-51(35-32-45)70-58-25-14-12-23-52(58)54-36-37-55-53-24-13-15-26-59(53)71(61(55)60(54)70)64-68-62(47-19-10-7-11-20-47)67-63(69-64)50-22-16-21-48(39-50)43-17-8-6-9-18-43/h6-40,42H,41H2,1-5H3. The minimum absolute atomic E-state index is 0.138. The Morgan fingerprint density at radius 2 is 0.845 bits per heavy atom. The average Bonchev–Trinajstić information content (AvgIpc) is 3.94. The van der Waals surface area contributed by atoms with E-state index in [0.717, 1.165) is 66.2 Å². The molecule has 0 fully saturated rings. The predicted molar refractivity (Wildman–Crippen MR) is 296 cm³/mol. The number of benzene rings is 9. The van der Waals surface area contributed by atoms with Gasteiger partial charge in [0.15, 0.2) is 11.6 Å². The zero-order valence-electron chi connectivity index (χ0n) is 40.7. The highest BCUT2D eigenvalue weighted by molar-refractivity contribution is 6.23. The van der Waals surface area contributed by atoms with Gasteiger partial charge in [0.2, 0.25) is 5.95 Å². The van der Waals surface area contributed by atoms with Gasteiger partial charge in [0, 0.05) is 38.4 Å². The van der Waals surface area contributed by atoms with Crippen LogP contribution in [0.5, 0.6) is 0 Å². The van der Waals surface area contributed by atoms with Crippen LogP contribution in [-0.4, -0.2) is 24.1 Å². The van der Waals surface area contributed by atoms with Gasteiger partial charge < -0.3 is 4.57 Å². The summed E-state index contributed by atoms with van der Waals surface area (Å²) in [4.78, 5) is 15.9. The normalized spacial score (nSPS) is 15.1. The lowest BCUT2D eigenvalue weighted by Gasteiger charge is -2.46. The third-order valence-corrected chi connectivity index (χ3v) is 15.7. The molecule has 3 heterocycles. The molecule has 0 amide bonds.